The second-order valence-corrected chi connectivity index (χ2v) is 22.1. The van der Waals surface area contributed by atoms with Gasteiger partial charge < -0.3 is 13.9 Å². The van der Waals surface area contributed by atoms with Crippen LogP contribution in [-0.4, -0.2) is 84.1 Å². The molecule has 51 heavy (non-hydrogen) atoms. The van der Waals surface area contributed by atoms with Gasteiger partial charge >= 0.3 is 6.09 Å². The molecule has 276 valence electrons. The zero-order valence-corrected chi connectivity index (χ0v) is 33.5. The summed E-state index contributed by atoms with van der Waals surface area (Å²) in [5.74, 6) is 0.723. The summed E-state index contributed by atoms with van der Waals surface area (Å²) in [5, 5.41) is 2.91. The van der Waals surface area contributed by atoms with Crippen molar-refractivity contribution < 1.29 is 27.1 Å². The first-order chi connectivity index (χ1) is 23.9. The topological polar surface area (TPSA) is 97.4 Å². The SMILES string of the molecule is COc1cc(C=Cc2ccc(S(=O)(=O)N3CCN(CCO[Si](C)(C)C(C)(C)C)CC3)cc2)ccc1C=Cc1ccc(NC(=O)OC(C)(C)C)cc1. The van der Waals surface area contributed by atoms with Crippen LogP contribution in [0.1, 0.15) is 63.8 Å². The van der Waals surface area contributed by atoms with E-state index in [0.29, 0.717) is 43.4 Å². The maximum Gasteiger partial charge on any atom is 0.412 e. The van der Waals surface area contributed by atoms with Crippen molar-refractivity contribution >= 4 is 54.4 Å². The second-order valence-electron chi connectivity index (χ2n) is 15.3. The molecule has 0 aromatic heterocycles. The van der Waals surface area contributed by atoms with E-state index in [0.717, 1.165) is 34.5 Å². The van der Waals surface area contributed by atoms with Gasteiger partial charge in [-0.25, -0.2) is 13.2 Å². The molecule has 1 saturated heterocycles. The fourth-order valence-corrected chi connectivity index (χ4v) is 7.64. The summed E-state index contributed by atoms with van der Waals surface area (Å²) in [6, 6.07) is 20.5. The van der Waals surface area contributed by atoms with E-state index in [2.05, 4.69) is 44.1 Å². The molecule has 1 amide bonds. The van der Waals surface area contributed by atoms with Crippen LogP contribution in [0.15, 0.2) is 71.6 Å². The zero-order valence-electron chi connectivity index (χ0n) is 31.7. The van der Waals surface area contributed by atoms with Crippen LogP contribution in [0.25, 0.3) is 24.3 Å². The lowest BCUT2D eigenvalue weighted by molar-refractivity contribution is 0.0636. The van der Waals surface area contributed by atoms with E-state index < -0.39 is 30.0 Å². The summed E-state index contributed by atoms with van der Waals surface area (Å²) in [5.41, 5.74) is 3.82. The van der Waals surface area contributed by atoms with E-state index in [-0.39, 0.29) is 5.04 Å². The molecule has 0 atom stereocenters. The third-order valence-electron chi connectivity index (χ3n) is 9.26. The van der Waals surface area contributed by atoms with E-state index >= 15 is 0 Å². The summed E-state index contributed by atoms with van der Waals surface area (Å²) < 4.78 is 45.7. The Bertz CT molecular complexity index is 1780. The van der Waals surface area contributed by atoms with Crippen LogP contribution < -0.4 is 10.1 Å². The molecule has 11 heteroatoms. The summed E-state index contributed by atoms with van der Waals surface area (Å²) in [6.45, 7) is 20.5. The lowest BCUT2D eigenvalue weighted by Gasteiger charge is -2.38. The molecular formula is C40H55N3O6SSi. The van der Waals surface area contributed by atoms with E-state index in [1.165, 1.54) is 0 Å². The third kappa shape index (κ3) is 11.6. The van der Waals surface area contributed by atoms with Gasteiger partial charge in [-0.2, -0.15) is 4.31 Å². The average Bonchev–Trinajstić information content (AvgIpc) is 3.06. The largest absolute Gasteiger partial charge is 0.496 e. The van der Waals surface area contributed by atoms with Crippen LogP contribution in [0.2, 0.25) is 18.1 Å². The van der Waals surface area contributed by atoms with Crippen LogP contribution in [-0.2, 0) is 19.2 Å². The predicted octanol–water partition coefficient (Wildman–Crippen LogP) is 8.71. The highest BCUT2D eigenvalue weighted by Crippen LogP contribution is 2.36. The van der Waals surface area contributed by atoms with Gasteiger partial charge in [-0.1, -0.05) is 81.5 Å². The number of rotatable bonds is 12. The fraction of sp³-hybridized carbons (Fsp3) is 0.425. The summed E-state index contributed by atoms with van der Waals surface area (Å²) in [6.07, 6.45) is 7.40. The van der Waals surface area contributed by atoms with E-state index in [9.17, 15) is 13.2 Å². The van der Waals surface area contributed by atoms with Gasteiger partial charge in [-0.05, 0) is 85.9 Å². The number of benzene rings is 3. The Morgan fingerprint density at radius 2 is 1.35 bits per heavy atom. The van der Waals surface area contributed by atoms with Crippen molar-refractivity contribution in [3.63, 3.8) is 0 Å². The molecule has 0 bridgehead atoms. The van der Waals surface area contributed by atoms with Crippen LogP contribution in [0.3, 0.4) is 0 Å². The molecule has 1 aliphatic rings. The number of methoxy groups -OCH3 is 1. The molecular weight excluding hydrogens is 679 g/mol. The van der Waals surface area contributed by atoms with Crippen molar-refractivity contribution in [3.05, 3.63) is 89.0 Å². The van der Waals surface area contributed by atoms with E-state index in [4.69, 9.17) is 13.9 Å². The van der Waals surface area contributed by atoms with Gasteiger partial charge in [0.05, 0.1) is 12.0 Å². The van der Waals surface area contributed by atoms with Crippen molar-refractivity contribution in [3.8, 4) is 5.75 Å². The molecule has 4 rings (SSSR count). The van der Waals surface area contributed by atoms with Gasteiger partial charge in [0.1, 0.15) is 11.4 Å². The van der Waals surface area contributed by atoms with E-state index in [1.54, 1.807) is 23.5 Å². The molecule has 0 aliphatic carbocycles. The van der Waals surface area contributed by atoms with Crippen molar-refractivity contribution in [1.29, 1.82) is 0 Å². The molecule has 0 saturated carbocycles. The van der Waals surface area contributed by atoms with Crippen LogP contribution >= 0.6 is 0 Å². The first kappa shape index (κ1) is 40.0. The molecule has 3 aromatic carbocycles. The Balaban J connectivity index is 1.30. The number of nitrogens with one attached hydrogen (secondary N) is 1. The summed E-state index contributed by atoms with van der Waals surface area (Å²) in [7, 11) is -3.73. The van der Waals surface area contributed by atoms with Gasteiger partial charge in [0.15, 0.2) is 8.32 Å². The van der Waals surface area contributed by atoms with Crippen LogP contribution in [0, 0.1) is 0 Å². The minimum Gasteiger partial charge on any atom is -0.496 e. The minimum atomic E-state index is -3.57. The lowest BCUT2D eigenvalue weighted by Crippen LogP contribution is -2.50. The Hall–Kier alpha value is -3.74. The lowest BCUT2D eigenvalue weighted by atomic mass is 10.1. The molecule has 1 fully saturated rings. The molecule has 9 nitrogen and oxygen atoms in total. The quantitative estimate of drug-likeness (QED) is 0.147. The number of hydrogen-bond donors (Lipinski definition) is 1. The second kappa shape index (κ2) is 16.7. The molecule has 0 unspecified atom stereocenters. The fourth-order valence-electron chi connectivity index (χ4n) is 5.19. The molecule has 0 spiro atoms. The average molecular weight is 734 g/mol. The van der Waals surface area contributed by atoms with Crippen molar-refractivity contribution in [2.24, 2.45) is 0 Å². The summed E-state index contributed by atoms with van der Waals surface area (Å²) >= 11 is 0. The zero-order chi connectivity index (χ0) is 37.5. The van der Waals surface area contributed by atoms with Gasteiger partial charge in [-0.15, -0.1) is 0 Å². The predicted molar refractivity (Wildman–Crippen MR) is 212 cm³/mol. The molecule has 0 radical (unpaired) electrons. The van der Waals surface area contributed by atoms with Crippen molar-refractivity contribution in [1.82, 2.24) is 9.21 Å². The minimum absolute atomic E-state index is 0.172. The van der Waals surface area contributed by atoms with Gasteiger partial charge in [0, 0.05) is 50.6 Å². The molecule has 1 N–H and O–H groups in total. The Labute approximate surface area is 306 Å². The maximum atomic E-state index is 13.4. The number of nitrogens with zero attached hydrogens (tertiary/aromatic N) is 2. The van der Waals surface area contributed by atoms with Crippen molar-refractivity contribution in [2.75, 3.05) is 51.8 Å². The van der Waals surface area contributed by atoms with Crippen molar-refractivity contribution in [2.45, 2.75) is 70.2 Å². The van der Waals surface area contributed by atoms with Gasteiger partial charge in [0.25, 0.3) is 0 Å². The first-order valence-corrected chi connectivity index (χ1v) is 21.8. The molecule has 1 aliphatic heterocycles. The highest BCUT2D eigenvalue weighted by atomic mass is 32.2. The highest BCUT2D eigenvalue weighted by molar-refractivity contribution is 7.89. The standard InChI is InChI=1S/C40H55N3O6SSi/c1-39(2,3)49-38(44)41-35-20-14-32(15-21-35)12-18-34-19-13-33(30-37(34)47-7)11-10-31-16-22-36(23-17-31)50(45,46)43-26-24-42(25-27-43)28-29-48-51(8,9)40(4,5)6/h10-23,30H,24-29H2,1-9H3,(H,41,44). The Kier molecular flexibility index (Phi) is 13.1. The third-order valence-corrected chi connectivity index (χ3v) is 15.7. The number of sulfonamides is 1. The van der Waals surface area contributed by atoms with Crippen LogP contribution in [0.4, 0.5) is 10.5 Å². The van der Waals surface area contributed by atoms with Gasteiger partial charge in [-0.3, -0.25) is 10.2 Å². The smallest absolute Gasteiger partial charge is 0.412 e. The number of carbonyl (C=O) groups excluding carboxylic acids is 1. The van der Waals surface area contributed by atoms with E-state index in [1.807, 2.05) is 99.7 Å². The first-order valence-electron chi connectivity index (χ1n) is 17.5. The highest BCUT2D eigenvalue weighted by Gasteiger charge is 2.37. The molecule has 1 heterocycles. The maximum absolute atomic E-state index is 13.4. The van der Waals surface area contributed by atoms with Crippen LogP contribution in [0.5, 0.6) is 5.75 Å². The summed E-state index contributed by atoms with van der Waals surface area (Å²) in [4.78, 5) is 14.6. The number of ether oxygens (including phenoxy) is 2. The monoisotopic (exact) mass is 733 g/mol. The Morgan fingerprint density at radius 1 is 0.804 bits per heavy atom. The number of hydrogen-bond acceptors (Lipinski definition) is 7. The number of anilines is 1. The Morgan fingerprint density at radius 3 is 1.92 bits per heavy atom. The van der Waals surface area contributed by atoms with Gasteiger partial charge in [0.2, 0.25) is 10.0 Å². The normalized spacial score (nSPS) is 15.4. The number of carbonyl (C=O) groups is 1. The number of piperazine rings is 1. The number of amides is 1. The molecule has 3 aromatic rings.